The van der Waals surface area contributed by atoms with Gasteiger partial charge in [-0.1, -0.05) is 31.2 Å². The van der Waals surface area contributed by atoms with E-state index in [-0.39, 0.29) is 18.3 Å². The summed E-state index contributed by atoms with van der Waals surface area (Å²) in [7, 11) is 0. The molecule has 0 aliphatic heterocycles. The van der Waals surface area contributed by atoms with Crippen molar-refractivity contribution in [2.75, 3.05) is 5.32 Å². The largest absolute Gasteiger partial charge is 0.481 e. The molecule has 0 spiro atoms. The Bertz CT molecular complexity index is 1720. The number of carbonyl (C=O) groups is 2. The van der Waals surface area contributed by atoms with Crippen LogP contribution in [0.4, 0.5) is 10.2 Å². The minimum atomic E-state index is -0.870. The molecule has 5 rings (SSSR count). The quantitative estimate of drug-likeness (QED) is 0.159. The second kappa shape index (κ2) is 13.3. The summed E-state index contributed by atoms with van der Waals surface area (Å²) in [6, 6.07) is 12.6. The van der Waals surface area contributed by atoms with Crippen LogP contribution < -0.4 is 10.7 Å². The molecule has 0 aliphatic carbocycles. The van der Waals surface area contributed by atoms with Crippen molar-refractivity contribution in [1.82, 2.24) is 19.9 Å². The van der Waals surface area contributed by atoms with Crippen LogP contribution in [0.15, 0.2) is 70.4 Å². The molecule has 0 saturated heterocycles. The molecule has 212 valence electrons. The van der Waals surface area contributed by atoms with Crippen LogP contribution in [-0.4, -0.2) is 42.1 Å². The lowest BCUT2D eigenvalue weighted by Crippen LogP contribution is -2.17. The van der Waals surface area contributed by atoms with Crippen LogP contribution in [0.5, 0.6) is 0 Å². The molecular weight excluding hydrogens is 533 g/mol. The minimum absolute atomic E-state index is 0.0628. The highest BCUT2D eigenvalue weighted by molar-refractivity contribution is 5.84. The van der Waals surface area contributed by atoms with E-state index in [0.717, 1.165) is 0 Å². The Kier molecular flexibility index (Phi) is 9.35. The van der Waals surface area contributed by atoms with E-state index >= 15 is 0 Å². The van der Waals surface area contributed by atoms with E-state index in [9.17, 15) is 18.8 Å². The molecule has 0 aliphatic rings. The number of nitrogens with zero attached hydrogens (tertiary/aromatic N) is 3. The van der Waals surface area contributed by atoms with Crippen LogP contribution in [0.25, 0.3) is 33.3 Å². The Hall–Kier alpha value is -5.13. The van der Waals surface area contributed by atoms with Gasteiger partial charge < -0.3 is 24.9 Å². The number of imidazole rings is 1. The third-order valence-corrected chi connectivity index (χ3v) is 6.22. The van der Waals surface area contributed by atoms with Crippen LogP contribution in [0.2, 0.25) is 0 Å². The van der Waals surface area contributed by atoms with Crippen molar-refractivity contribution in [3.63, 3.8) is 0 Å². The number of aromatic nitrogens is 4. The molecule has 0 saturated carbocycles. The first-order valence-corrected chi connectivity index (χ1v) is 12.9. The van der Waals surface area contributed by atoms with Gasteiger partial charge in [0.25, 0.3) is 0 Å². The molecule has 1 atom stereocenters. The average Bonchev–Trinajstić information content (AvgIpc) is 3.44. The van der Waals surface area contributed by atoms with Gasteiger partial charge in [-0.2, -0.15) is 0 Å². The number of hydrogen-bond acceptors (Lipinski definition) is 8. The molecule has 0 amide bonds. The number of para-hydroxylation sites is 1. The Labute approximate surface area is 233 Å². The lowest BCUT2D eigenvalue weighted by Gasteiger charge is -2.20. The number of carboxylic acids is 2. The van der Waals surface area contributed by atoms with Gasteiger partial charge in [-0.05, 0) is 49.1 Å². The Morgan fingerprint density at radius 3 is 2.44 bits per heavy atom. The monoisotopic (exact) mass is 561 g/mol. The second-order valence-electron chi connectivity index (χ2n) is 9.10. The van der Waals surface area contributed by atoms with Crippen molar-refractivity contribution in [3.8, 4) is 11.1 Å². The predicted molar refractivity (Wildman–Crippen MR) is 150 cm³/mol. The number of carboxylic acid groups (broad SMARTS) is 2. The van der Waals surface area contributed by atoms with E-state index in [2.05, 4.69) is 25.3 Å². The molecule has 0 radical (unpaired) electrons. The van der Waals surface area contributed by atoms with E-state index in [1.54, 1.807) is 36.7 Å². The second-order valence-corrected chi connectivity index (χ2v) is 9.10. The van der Waals surface area contributed by atoms with E-state index < -0.39 is 23.8 Å². The molecule has 12 heteroatoms. The number of nitrogens with one attached hydrogen (secondary N) is 2. The van der Waals surface area contributed by atoms with E-state index in [0.29, 0.717) is 64.1 Å². The molecule has 2 aromatic carbocycles. The number of rotatable bonds is 10. The third-order valence-electron chi connectivity index (χ3n) is 6.22. The lowest BCUT2D eigenvalue weighted by atomic mass is 9.97. The molecule has 0 unspecified atom stereocenters. The summed E-state index contributed by atoms with van der Waals surface area (Å²) >= 11 is 0. The first kappa shape index (κ1) is 28.9. The van der Waals surface area contributed by atoms with E-state index in [1.165, 1.54) is 18.5 Å². The third kappa shape index (κ3) is 7.10. The number of fused-ring (bicyclic) bond motifs is 2. The van der Waals surface area contributed by atoms with E-state index in [1.807, 2.05) is 13.0 Å². The lowest BCUT2D eigenvalue weighted by molar-refractivity contribution is -0.139. The van der Waals surface area contributed by atoms with Gasteiger partial charge in [0.05, 0.1) is 23.3 Å². The average molecular weight is 562 g/mol. The predicted octanol–water partition coefficient (Wildman–Crippen LogP) is 5.54. The fourth-order valence-electron chi connectivity index (χ4n) is 4.26. The molecule has 5 aromatic rings. The molecule has 41 heavy (non-hydrogen) atoms. The molecule has 3 aromatic heterocycles. The summed E-state index contributed by atoms with van der Waals surface area (Å²) in [5.74, 6) is -1.24. The van der Waals surface area contributed by atoms with Crippen LogP contribution in [0, 0.1) is 5.82 Å². The smallest absolute Gasteiger partial charge is 0.303 e. The SMILES string of the molecule is CC[C@H](Nc1ncnc2[nH]cnc12)c1oc2ccccc2c(=O)c1-c1cccc(F)c1.O=C(O)CCCCC(=O)O. The zero-order valence-corrected chi connectivity index (χ0v) is 22.1. The van der Waals surface area contributed by atoms with Crippen molar-refractivity contribution in [1.29, 1.82) is 0 Å². The highest BCUT2D eigenvalue weighted by Crippen LogP contribution is 2.33. The summed E-state index contributed by atoms with van der Waals surface area (Å²) < 4.78 is 20.3. The van der Waals surface area contributed by atoms with Crippen LogP contribution in [-0.2, 0) is 9.59 Å². The fourth-order valence-corrected chi connectivity index (χ4v) is 4.26. The van der Waals surface area contributed by atoms with Gasteiger partial charge >= 0.3 is 11.9 Å². The Morgan fingerprint density at radius 1 is 1.02 bits per heavy atom. The molecular formula is C29H28FN5O6. The van der Waals surface area contributed by atoms with E-state index in [4.69, 9.17) is 14.6 Å². The first-order valence-electron chi connectivity index (χ1n) is 12.9. The summed E-state index contributed by atoms with van der Waals surface area (Å²) in [6.45, 7) is 1.96. The molecule has 3 heterocycles. The Morgan fingerprint density at radius 2 is 1.76 bits per heavy atom. The topological polar surface area (TPSA) is 171 Å². The fraction of sp³-hybridized carbons (Fsp3) is 0.241. The standard InChI is InChI=1S/C23H18FN5O2.C6H10O4/c1-2-16(29-23-19-22(26-11-25-19)27-12-28-23)21-18(13-6-5-7-14(24)10-13)20(30)15-8-3-4-9-17(15)31-21;7-5(8)3-1-2-4-6(9)10/h3-12,16H,2H2,1H3,(H2,25,26,27,28,29);1-4H2,(H,7,8)(H,9,10)/t16-;/m0./s1. The van der Waals surface area contributed by atoms with Crippen molar-refractivity contribution >= 4 is 39.9 Å². The number of aliphatic carboxylic acids is 2. The van der Waals surface area contributed by atoms with Gasteiger partial charge in [-0.25, -0.2) is 19.3 Å². The molecule has 0 fully saturated rings. The van der Waals surface area contributed by atoms with Crippen molar-refractivity contribution in [3.05, 3.63) is 83.0 Å². The summed E-state index contributed by atoms with van der Waals surface area (Å²) in [6.07, 6.45) is 4.57. The van der Waals surface area contributed by atoms with Crippen LogP contribution in [0.1, 0.15) is 50.8 Å². The number of halogens is 1. The van der Waals surface area contributed by atoms with Crippen molar-refractivity contribution < 1.29 is 28.6 Å². The number of aromatic amines is 1. The maximum atomic E-state index is 14.0. The maximum absolute atomic E-state index is 14.0. The highest BCUT2D eigenvalue weighted by Gasteiger charge is 2.24. The van der Waals surface area contributed by atoms with Gasteiger partial charge in [-0.15, -0.1) is 0 Å². The summed E-state index contributed by atoms with van der Waals surface area (Å²) in [5.41, 5.74) is 2.21. The van der Waals surface area contributed by atoms with Gasteiger partial charge in [0.15, 0.2) is 11.5 Å². The van der Waals surface area contributed by atoms with Gasteiger partial charge in [0.2, 0.25) is 5.43 Å². The number of hydrogen-bond donors (Lipinski definition) is 4. The zero-order chi connectivity index (χ0) is 29.4. The van der Waals surface area contributed by atoms with Crippen molar-refractivity contribution in [2.24, 2.45) is 0 Å². The van der Waals surface area contributed by atoms with Crippen LogP contribution >= 0.6 is 0 Å². The van der Waals surface area contributed by atoms with Gasteiger partial charge in [-0.3, -0.25) is 14.4 Å². The van der Waals surface area contributed by atoms with Crippen LogP contribution in [0.3, 0.4) is 0 Å². The summed E-state index contributed by atoms with van der Waals surface area (Å²) in [5, 5.41) is 20.0. The van der Waals surface area contributed by atoms with Crippen molar-refractivity contribution in [2.45, 2.75) is 45.1 Å². The molecule has 4 N–H and O–H groups in total. The normalized spacial score (nSPS) is 11.6. The highest BCUT2D eigenvalue weighted by atomic mass is 19.1. The van der Waals surface area contributed by atoms with Gasteiger partial charge in [0.1, 0.15) is 29.0 Å². The molecule has 11 nitrogen and oxygen atoms in total. The minimum Gasteiger partial charge on any atom is -0.481 e. The molecule has 0 bridgehead atoms. The van der Waals surface area contributed by atoms with Gasteiger partial charge in [0, 0.05) is 12.8 Å². The first-order chi connectivity index (χ1) is 19.8. The summed E-state index contributed by atoms with van der Waals surface area (Å²) in [4.78, 5) is 48.9. The number of unbranched alkanes of at least 4 members (excludes halogenated alkanes) is 1. The maximum Gasteiger partial charge on any atom is 0.303 e. The zero-order valence-electron chi connectivity index (χ0n) is 22.1. The number of anilines is 1. The Balaban J connectivity index is 0.000000334. The number of H-pyrrole nitrogens is 1. The number of benzene rings is 2.